The fraction of sp³-hybridized carbons (Fsp3) is 0.643. The second-order valence-electron chi connectivity index (χ2n) is 6.67. The molecule has 108 valence electrons. The summed E-state index contributed by atoms with van der Waals surface area (Å²) in [6, 6.07) is 1.27. The second kappa shape index (κ2) is 4.03. The predicted octanol–water partition coefficient (Wildman–Crippen LogP) is 1.50. The van der Waals surface area contributed by atoms with Gasteiger partial charge in [-0.2, -0.15) is 0 Å². The third-order valence-electron chi connectivity index (χ3n) is 4.59. The largest absolute Gasteiger partial charge is 0.499 e. The highest BCUT2D eigenvalue weighted by atomic mass is 19.1. The third-order valence-corrected chi connectivity index (χ3v) is 4.59. The van der Waals surface area contributed by atoms with Crippen molar-refractivity contribution in [2.24, 2.45) is 0 Å². The lowest BCUT2D eigenvalue weighted by Crippen LogP contribution is -2.41. The summed E-state index contributed by atoms with van der Waals surface area (Å²) >= 11 is 0. The summed E-state index contributed by atoms with van der Waals surface area (Å²) in [5.74, 6) is -0.450. The van der Waals surface area contributed by atoms with E-state index in [0.717, 1.165) is 0 Å². The molecule has 1 N–H and O–H groups in total. The van der Waals surface area contributed by atoms with Crippen LogP contribution in [0.3, 0.4) is 0 Å². The summed E-state index contributed by atoms with van der Waals surface area (Å²) < 4.78 is 26.0. The van der Waals surface area contributed by atoms with Gasteiger partial charge in [0.1, 0.15) is 11.4 Å². The summed E-state index contributed by atoms with van der Waals surface area (Å²) in [4.78, 5) is 4.16. The maximum absolute atomic E-state index is 14.3. The number of hydrogen-bond acceptors (Lipinski definition) is 4. The molecule has 1 aromatic heterocycles. The van der Waals surface area contributed by atoms with Crippen LogP contribution in [0, 0.1) is 5.82 Å². The molecule has 1 saturated carbocycles. The molecule has 6 heteroatoms. The van der Waals surface area contributed by atoms with Gasteiger partial charge in [0.05, 0.1) is 16.9 Å². The molecule has 0 atom stereocenters. The van der Waals surface area contributed by atoms with Crippen molar-refractivity contribution < 1.29 is 18.8 Å². The Balaban J connectivity index is 2.04. The van der Waals surface area contributed by atoms with Gasteiger partial charge in [-0.25, -0.2) is 4.39 Å². The van der Waals surface area contributed by atoms with Crippen LogP contribution in [0.25, 0.3) is 0 Å². The van der Waals surface area contributed by atoms with Gasteiger partial charge in [0.25, 0.3) is 0 Å². The van der Waals surface area contributed by atoms with Gasteiger partial charge in [-0.3, -0.25) is 4.98 Å². The number of nitrogens with zero attached hydrogens (tertiary/aromatic N) is 1. The van der Waals surface area contributed by atoms with Crippen molar-refractivity contribution in [2.45, 2.75) is 57.3 Å². The maximum atomic E-state index is 14.3. The van der Waals surface area contributed by atoms with Gasteiger partial charge in [-0.05, 0) is 46.6 Å². The zero-order valence-electron chi connectivity index (χ0n) is 12.2. The minimum Gasteiger partial charge on any atom is -0.399 e. The van der Waals surface area contributed by atoms with Crippen molar-refractivity contribution in [3.63, 3.8) is 0 Å². The summed E-state index contributed by atoms with van der Waals surface area (Å²) in [5, 5.41) is 10.3. The zero-order valence-corrected chi connectivity index (χ0v) is 12.2. The van der Waals surface area contributed by atoms with Crippen LogP contribution in [0.2, 0.25) is 0 Å². The molecule has 4 nitrogen and oxygen atoms in total. The monoisotopic (exact) mass is 279 g/mol. The van der Waals surface area contributed by atoms with E-state index in [2.05, 4.69) is 4.98 Å². The first-order valence-corrected chi connectivity index (χ1v) is 6.89. The maximum Gasteiger partial charge on any atom is 0.499 e. The van der Waals surface area contributed by atoms with E-state index in [4.69, 9.17) is 9.31 Å². The molecule has 20 heavy (non-hydrogen) atoms. The van der Waals surface area contributed by atoms with Crippen LogP contribution in [-0.4, -0.2) is 28.4 Å². The highest BCUT2D eigenvalue weighted by molar-refractivity contribution is 6.62. The van der Waals surface area contributed by atoms with Crippen molar-refractivity contribution in [1.82, 2.24) is 4.98 Å². The molecule has 1 aromatic rings. The van der Waals surface area contributed by atoms with Gasteiger partial charge in [0.2, 0.25) is 0 Å². The van der Waals surface area contributed by atoms with Gasteiger partial charge in [0, 0.05) is 11.7 Å². The smallest absolute Gasteiger partial charge is 0.399 e. The van der Waals surface area contributed by atoms with Gasteiger partial charge in [0.15, 0.2) is 0 Å². The fourth-order valence-electron chi connectivity index (χ4n) is 2.36. The Bertz CT molecular complexity index is 541. The van der Waals surface area contributed by atoms with E-state index in [9.17, 15) is 9.50 Å². The average molecular weight is 279 g/mol. The molecule has 2 fully saturated rings. The Morgan fingerprint density at radius 3 is 2.25 bits per heavy atom. The molecule has 0 radical (unpaired) electrons. The normalized spacial score (nSPS) is 25.8. The second-order valence-corrected chi connectivity index (χ2v) is 6.67. The van der Waals surface area contributed by atoms with Crippen molar-refractivity contribution in [3.8, 4) is 0 Å². The van der Waals surface area contributed by atoms with Gasteiger partial charge >= 0.3 is 7.12 Å². The van der Waals surface area contributed by atoms with Crippen LogP contribution < -0.4 is 5.46 Å². The lowest BCUT2D eigenvalue weighted by molar-refractivity contribution is 0.00578. The molecule has 2 aliphatic rings. The number of aliphatic hydroxyl groups is 1. The number of hydrogen-bond donors (Lipinski definition) is 1. The van der Waals surface area contributed by atoms with E-state index in [-0.39, 0.29) is 5.46 Å². The van der Waals surface area contributed by atoms with Gasteiger partial charge < -0.3 is 14.4 Å². The Hall–Kier alpha value is -0.975. The molecule has 0 spiro atoms. The van der Waals surface area contributed by atoms with E-state index in [0.29, 0.717) is 18.5 Å². The fourth-order valence-corrected chi connectivity index (χ4v) is 2.36. The quantitative estimate of drug-likeness (QED) is 0.834. The zero-order chi connectivity index (χ0) is 14.8. The summed E-state index contributed by atoms with van der Waals surface area (Å²) in [6.45, 7) is 7.64. The van der Waals surface area contributed by atoms with Crippen molar-refractivity contribution >= 4 is 12.6 Å². The van der Waals surface area contributed by atoms with Crippen LogP contribution in [0.15, 0.2) is 12.3 Å². The lowest BCUT2D eigenvalue weighted by Gasteiger charge is -2.32. The van der Waals surface area contributed by atoms with E-state index in [1.807, 2.05) is 27.7 Å². The van der Waals surface area contributed by atoms with Crippen molar-refractivity contribution in [3.05, 3.63) is 23.8 Å². The third kappa shape index (κ3) is 1.98. The minimum absolute atomic E-state index is 0.228. The number of aromatic nitrogens is 1. The molecule has 1 saturated heterocycles. The Kier molecular flexibility index (Phi) is 2.81. The van der Waals surface area contributed by atoms with Crippen molar-refractivity contribution in [2.75, 3.05) is 0 Å². The Morgan fingerprint density at radius 1 is 1.20 bits per heavy atom. The Morgan fingerprint density at radius 2 is 1.75 bits per heavy atom. The first kappa shape index (κ1) is 14.0. The van der Waals surface area contributed by atoms with E-state index < -0.39 is 29.7 Å². The highest BCUT2D eigenvalue weighted by Crippen LogP contribution is 2.45. The molecule has 2 heterocycles. The molecular weight excluding hydrogens is 260 g/mol. The SMILES string of the molecule is CC1(C)OB(c2c(F)ccnc2C2(O)CC2)OC1(C)C. The number of rotatable bonds is 2. The molecule has 0 amide bonds. The molecule has 1 aliphatic heterocycles. The molecular formula is C14H19BFNO3. The Labute approximate surface area is 118 Å². The highest BCUT2D eigenvalue weighted by Gasteiger charge is 2.56. The number of halogens is 1. The van der Waals surface area contributed by atoms with Crippen molar-refractivity contribution in [1.29, 1.82) is 0 Å². The van der Waals surface area contributed by atoms with E-state index in [1.54, 1.807) is 0 Å². The van der Waals surface area contributed by atoms with Gasteiger partial charge in [-0.1, -0.05) is 0 Å². The van der Waals surface area contributed by atoms with Crippen LogP contribution in [0.4, 0.5) is 4.39 Å². The van der Waals surface area contributed by atoms with Crippen LogP contribution in [0.5, 0.6) is 0 Å². The summed E-state index contributed by atoms with van der Waals surface area (Å²) in [6.07, 6.45) is 2.56. The van der Waals surface area contributed by atoms with Crippen LogP contribution in [0.1, 0.15) is 46.2 Å². The number of pyridine rings is 1. The summed E-state index contributed by atoms with van der Waals surface area (Å²) in [5.41, 5.74) is -1.56. The van der Waals surface area contributed by atoms with Crippen LogP contribution in [-0.2, 0) is 14.9 Å². The lowest BCUT2D eigenvalue weighted by atomic mass is 9.76. The van der Waals surface area contributed by atoms with E-state index >= 15 is 0 Å². The molecule has 0 aromatic carbocycles. The first-order valence-electron chi connectivity index (χ1n) is 6.89. The average Bonchev–Trinajstić information content (AvgIpc) is 3.01. The van der Waals surface area contributed by atoms with Crippen LogP contribution >= 0.6 is 0 Å². The predicted molar refractivity (Wildman–Crippen MR) is 73.0 cm³/mol. The molecule has 0 unspecified atom stereocenters. The molecule has 3 rings (SSSR count). The molecule has 1 aliphatic carbocycles. The minimum atomic E-state index is -1.03. The van der Waals surface area contributed by atoms with E-state index in [1.165, 1.54) is 12.3 Å². The molecule has 0 bridgehead atoms. The topological polar surface area (TPSA) is 51.6 Å². The summed E-state index contributed by atoms with van der Waals surface area (Å²) in [7, 11) is -0.840. The first-order chi connectivity index (χ1) is 9.16. The van der Waals surface area contributed by atoms with Gasteiger partial charge in [-0.15, -0.1) is 0 Å². The standard InChI is InChI=1S/C14H19BFNO3/c1-12(2)13(3,4)20-15(19-12)10-9(16)5-8-17-11(10)14(18)6-7-14/h5,8,18H,6-7H2,1-4H3.